The van der Waals surface area contributed by atoms with E-state index in [1.54, 1.807) is 7.11 Å². The number of fused-ring (bicyclic) bond motifs is 1. The summed E-state index contributed by atoms with van der Waals surface area (Å²) < 4.78 is 7.36. The lowest BCUT2D eigenvalue weighted by molar-refractivity contribution is 0.414. The van der Waals surface area contributed by atoms with Crippen molar-refractivity contribution in [3.05, 3.63) is 65.3 Å². The zero-order valence-corrected chi connectivity index (χ0v) is 11.4. The molecule has 0 aliphatic rings. The third kappa shape index (κ3) is 2.32. The first-order valence-electron chi connectivity index (χ1n) is 6.14. The van der Waals surface area contributed by atoms with Gasteiger partial charge in [0.25, 0.3) is 0 Å². The third-order valence-electron chi connectivity index (χ3n) is 3.27. The number of methoxy groups -OCH3 is 1. The lowest BCUT2D eigenvalue weighted by Crippen LogP contribution is -1.97. The monoisotopic (exact) mass is 271 g/mol. The molecule has 0 unspecified atom stereocenters. The topological polar surface area (TPSA) is 14.2 Å². The van der Waals surface area contributed by atoms with Gasteiger partial charge in [-0.25, -0.2) is 0 Å². The molecule has 3 aromatic rings. The molecule has 0 atom stereocenters. The van der Waals surface area contributed by atoms with Gasteiger partial charge in [0.2, 0.25) is 0 Å². The van der Waals surface area contributed by atoms with Gasteiger partial charge in [0.15, 0.2) is 0 Å². The summed E-state index contributed by atoms with van der Waals surface area (Å²) in [6.07, 6.45) is 2.07. The van der Waals surface area contributed by atoms with Crippen LogP contribution in [0.2, 0.25) is 5.02 Å². The Morgan fingerprint density at radius 3 is 2.58 bits per heavy atom. The molecule has 0 radical (unpaired) electrons. The number of hydrogen-bond donors (Lipinski definition) is 0. The van der Waals surface area contributed by atoms with Crippen LogP contribution in [0.5, 0.6) is 5.75 Å². The average Bonchev–Trinajstić information content (AvgIpc) is 2.84. The Labute approximate surface area is 117 Å². The highest BCUT2D eigenvalue weighted by Gasteiger charge is 2.04. The first kappa shape index (κ1) is 12.1. The van der Waals surface area contributed by atoms with E-state index in [1.807, 2.05) is 24.3 Å². The molecule has 96 valence electrons. The molecule has 0 N–H and O–H groups in total. The molecule has 1 heterocycles. The van der Waals surface area contributed by atoms with Crippen molar-refractivity contribution in [3.63, 3.8) is 0 Å². The van der Waals surface area contributed by atoms with E-state index in [0.29, 0.717) is 0 Å². The number of nitrogens with zero attached hydrogens (tertiary/aromatic N) is 1. The minimum atomic E-state index is 0.797. The van der Waals surface area contributed by atoms with Crippen LogP contribution < -0.4 is 4.74 Å². The number of rotatable bonds is 3. The van der Waals surface area contributed by atoms with Crippen molar-refractivity contribution in [3.8, 4) is 5.75 Å². The quantitative estimate of drug-likeness (QED) is 0.691. The van der Waals surface area contributed by atoms with Gasteiger partial charge < -0.3 is 9.30 Å². The minimum Gasteiger partial charge on any atom is -0.497 e. The maximum Gasteiger partial charge on any atom is 0.118 e. The van der Waals surface area contributed by atoms with Crippen LogP contribution in [0.25, 0.3) is 10.9 Å². The molecule has 2 aromatic carbocycles. The van der Waals surface area contributed by atoms with E-state index in [1.165, 1.54) is 5.56 Å². The maximum atomic E-state index is 6.18. The van der Waals surface area contributed by atoms with Crippen LogP contribution in [-0.4, -0.2) is 11.7 Å². The van der Waals surface area contributed by atoms with E-state index >= 15 is 0 Å². The zero-order valence-electron chi connectivity index (χ0n) is 10.6. The van der Waals surface area contributed by atoms with Crippen molar-refractivity contribution in [1.82, 2.24) is 4.57 Å². The molecule has 3 heteroatoms. The summed E-state index contributed by atoms with van der Waals surface area (Å²) >= 11 is 6.18. The van der Waals surface area contributed by atoms with Gasteiger partial charge in [0.1, 0.15) is 5.75 Å². The second kappa shape index (κ2) is 4.98. The van der Waals surface area contributed by atoms with E-state index in [2.05, 4.69) is 35.0 Å². The first-order valence-corrected chi connectivity index (χ1v) is 6.52. The first-order chi connectivity index (χ1) is 9.28. The Bertz CT molecular complexity index is 700. The van der Waals surface area contributed by atoms with Crippen molar-refractivity contribution in [2.75, 3.05) is 7.11 Å². The summed E-state index contributed by atoms with van der Waals surface area (Å²) in [4.78, 5) is 0. The molecule has 0 saturated carbocycles. The summed E-state index contributed by atoms with van der Waals surface area (Å²) in [7, 11) is 1.68. The largest absolute Gasteiger partial charge is 0.497 e. The maximum absolute atomic E-state index is 6.18. The zero-order chi connectivity index (χ0) is 13.2. The second-order valence-corrected chi connectivity index (χ2v) is 4.87. The fourth-order valence-electron chi connectivity index (χ4n) is 2.25. The molecular formula is C16H14ClNO. The highest BCUT2D eigenvalue weighted by atomic mass is 35.5. The number of ether oxygens (including phenoxy) is 1. The number of aromatic nitrogens is 1. The van der Waals surface area contributed by atoms with E-state index in [-0.39, 0.29) is 0 Å². The van der Waals surface area contributed by atoms with Gasteiger partial charge in [0.05, 0.1) is 7.11 Å². The molecule has 0 aliphatic heterocycles. The van der Waals surface area contributed by atoms with E-state index < -0.39 is 0 Å². The van der Waals surface area contributed by atoms with Gasteiger partial charge in [0, 0.05) is 28.7 Å². The smallest absolute Gasteiger partial charge is 0.118 e. The van der Waals surface area contributed by atoms with Crippen molar-refractivity contribution in [2.24, 2.45) is 0 Å². The molecule has 0 saturated heterocycles. The van der Waals surface area contributed by atoms with Crippen molar-refractivity contribution in [2.45, 2.75) is 6.54 Å². The second-order valence-electron chi connectivity index (χ2n) is 4.46. The predicted octanol–water partition coefficient (Wildman–Crippen LogP) is 4.35. The molecule has 0 bridgehead atoms. The van der Waals surface area contributed by atoms with Crippen molar-refractivity contribution >= 4 is 22.5 Å². The predicted molar refractivity (Wildman–Crippen MR) is 79.0 cm³/mol. The number of benzene rings is 2. The van der Waals surface area contributed by atoms with Gasteiger partial charge in [-0.05, 0) is 35.9 Å². The lowest BCUT2D eigenvalue weighted by Gasteiger charge is -2.07. The third-order valence-corrected chi connectivity index (χ3v) is 3.60. The molecule has 19 heavy (non-hydrogen) atoms. The molecule has 0 aliphatic carbocycles. The highest BCUT2D eigenvalue weighted by molar-refractivity contribution is 6.35. The van der Waals surface area contributed by atoms with Crippen LogP contribution in [0.15, 0.2) is 54.7 Å². The van der Waals surface area contributed by atoms with Gasteiger partial charge in [-0.1, -0.05) is 29.8 Å². The van der Waals surface area contributed by atoms with E-state index in [9.17, 15) is 0 Å². The molecular weight excluding hydrogens is 258 g/mol. The fraction of sp³-hybridized carbons (Fsp3) is 0.125. The summed E-state index contributed by atoms with van der Waals surface area (Å²) in [6.45, 7) is 0.827. The Kier molecular flexibility index (Phi) is 3.18. The molecule has 2 nitrogen and oxygen atoms in total. The Morgan fingerprint density at radius 2 is 1.84 bits per heavy atom. The van der Waals surface area contributed by atoms with Gasteiger partial charge in [-0.2, -0.15) is 0 Å². The van der Waals surface area contributed by atoms with Crippen LogP contribution in [-0.2, 0) is 6.54 Å². The molecule has 0 amide bonds. The summed E-state index contributed by atoms with van der Waals surface area (Å²) in [5.74, 6) is 0.879. The van der Waals surface area contributed by atoms with E-state index in [0.717, 1.165) is 28.2 Å². The van der Waals surface area contributed by atoms with Crippen LogP contribution in [0.3, 0.4) is 0 Å². The van der Waals surface area contributed by atoms with Crippen LogP contribution in [0.1, 0.15) is 5.56 Å². The number of hydrogen-bond acceptors (Lipinski definition) is 1. The normalized spacial score (nSPS) is 10.8. The van der Waals surface area contributed by atoms with Crippen molar-refractivity contribution in [1.29, 1.82) is 0 Å². The highest BCUT2D eigenvalue weighted by Crippen LogP contribution is 2.25. The molecule has 0 fully saturated rings. The van der Waals surface area contributed by atoms with Crippen LogP contribution >= 0.6 is 11.6 Å². The molecule has 3 rings (SSSR count). The summed E-state index contributed by atoms with van der Waals surface area (Å²) in [5, 5.41) is 1.89. The van der Waals surface area contributed by atoms with E-state index in [4.69, 9.17) is 16.3 Å². The average molecular weight is 272 g/mol. The Morgan fingerprint density at radius 1 is 1.05 bits per heavy atom. The van der Waals surface area contributed by atoms with Crippen LogP contribution in [0, 0.1) is 0 Å². The minimum absolute atomic E-state index is 0.797. The molecule has 0 spiro atoms. The Balaban J connectivity index is 1.94. The van der Waals surface area contributed by atoms with Gasteiger partial charge >= 0.3 is 0 Å². The number of halogens is 1. The Hall–Kier alpha value is -1.93. The SMILES string of the molecule is COc1ccc(Cn2ccc3c(Cl)cccc32)cc1. The van der Waals surface area contributed by atoms with Gasteiger partial charge in [-0.3, -0.25) is 0 Å². The van der Waals surface area contributed by atoms with Gasteiger partial charge in [-0.15, -0.1) is 0 Å². The summed E-state index contributed by atoms with van der Waals surface area (Å²) in [5.41, 5.74) is 2.39. The standard InChI is InChI=1S/C16H14ClNO/c1-19-13-7-5-12(6-8-13)11-18-10-9-14-15(17)3-2-4-16(14)18/h2-10H,11H2,1H3. The molecule has 1 aromatic heterocycles. The fourth-order valence-corrected chi connectivity index (χ4v) is 2.48. The lowest BCUT2D eigenvalue weighted by atomic mass is 10.2. The van der Waals surface area contributed by atoms with Crippen molar-refractivity contribution < 1.29 is 4.74 Å². The summed E-state index contributed by atoms with van der Waals surface area (Å²) in [6, 6.07) is 16.2. The van der Waals surface area contributed by atoms with Crippen LogP contribution in [0.4, 0.5) is 0 Å².